The Balaban J connectivity index is 1.97. The predicted octanol–water partition coefficient (Wildman–Crippen LogP) is 2.06. The molecule has 0 saturated heterocycles. The highest BCUT2D eigenvalue weighted by Gasteiger charge is 2.10. The maximum atomic E-state index is 12.0. The number of nitrogens with one attached hydrogen (secondary N) is 2. The molecule has 2 amide bonds. The third-order valence-corrected chi connectivity index (χ3v) is 3.21. The van der Waals surface area contributed by atoms with Gasteiger partial charge >= 0.3 is 6.09 Å². The highest BCUT2D eigenvalue weighted by Crippen LogP contribution is 2.22. The van der Waals surface area contributed by atoms with Crippen LogP contribution in [0.2, 0.25) is 5.02 Å². The molecule has 22 heavy (non-hydrogen) atoms. The molecule has 0 aliphatic rings. The van der Waals surface area contributed by atoms with E-state index in [9.17, 15) is 9.59 Å². The molecule has 2 N–H and O–H groups in total. The number of benzene rings is 1. The molecule has 0 fully saturated rings. The lowest BCUT2D eigenvalue weighted by Crippen LogP contribution is -2.19. The first kappa shape index (κ1) is 15.8. The fourth-order valence-electron chi connectivity index (χ4n) is 1.67. The standard InChI is InChI=1S/C13H14ClN5O3/c1-8-9(14)4-3-5-10(8)15-12(20)7-19-6-11(17-18-19)16-13(21)22-2/h3-6H,7H2,1-2H3,(H,15,20)(H,16,21). The van der Waals surface area contributed by atoms with Gasteiger partial charge in [-0.05, 0) is 24.6 Å². The van der Waals surface area contributed by atoms with Crippen molar-refractivity contribution in [1.82, 2.24) is 15.0 Å². The highest BCUT2D eigenvalue weighted by molar-refractivity contribution is 6.31. The molecule has 0 radical (unpaired) electrons. The van der Waals surface area contributed by atoms with Crippen molar-refractivity contribution in [2.45, 2.75) is 13.5 Å². The summed E-state index contributed by atoms with van der Waals surface area (Å²) in [7, 11) is 1.24. The minimum atomic E-state index is -0.661. The summed E-state index contributed by atoms with van der Waals surface area (Å²) < 4.78 is 5.72. The molecule has 0 atom stereocenters. The Bertz CT molecular complexity index is 701. The average Bonchev–Trinajstić information content (AvgIpc) is 2.90. The molecule has 0 spiro atoms. The fraction of sp³-hybridized carbons (Fsp3) is 0.231. The Labute approximate surface area is 131 Å². The van der Waals surface area contributed by atoms with Gasteiger partial charge in [-0.1, -0.05) is 22.9 Å². The van der Waals surface area contributed by atoms with Crippen molar-refractivity contribution < 1.29 is 14.3 Å². The number of rotatable bonds is 4. The van der Waals surface area contributed by atoms with Gasteiger partial charge in [0.05, 0.1) is 13.3 Å². The van der Waals surface area contributed by atoms with Gasteiger partial charge in [0.2, 0.25) is 5.91 Å². The molecule has 116 valence electrons. The number of halogens is 1. The highest BCUT2D eigenvalue weighted by atomic mass is 35.5. The van der Waals surface area contributed by atoms with Crippen molar-refractivity contribution in [2.24, 2.45) is 0 Å². The van der Waals surface area contributed by atoms with Crippen LogP contribution in [0.15, 0.2) is 24.4 Å². The van der Waals surface area contributed by atoms with Gasteiger partial charge < -0.3 is 10.1 Å². The number of amides is 2. The second-order valence-electron chi connectivity index (χ2n) is 4.38. The lowest BCUT2D eigenvalue weighted by atomic mass is 10.2. The zero-order valence-electron chi connectivity index (χ0n) is 12.0. The lowest BCUT2D eigenvalue weighted by Gasteiger charge is -2.09. The van der Waals surface area contributed by atoms with Gasteiger partial charge in [-0.3, -0.25) is 10.1 Å². The summed E-state index contributed by atoms with van der Waals surface area (Å²) in [5, 5.41) is 13.1. The smallest absolute Gasteiger partial charge is 0.412 e. The summed E-state index contributed by atoms with van der Waals surface area (Å²) in [5.41, 5.74) is 1.41. The molecule has 8 nitrogen and oxygen atoms in total. The van der Waals surface area contributed by atoms with Gasteiger partial charge in [0.25, 0.3) is 0 Å². The Morgan fingerprint density at radius 2 is 2.14 bits per heavy atom. The van der Waals surface area contributed by atoms with Crippen LogP contribution in [0.25, 0.3) is 0 Å². The van der Waals surface area contributed by atoms with Crippen LogP contribution in [0.4, 0.5) is 16.3 Å². The number of aromatic nitrogens is 3. The molecule has 1 aromatic heterocycles. The van der Waals surface area contributed by atoms with Crippen LogP contribution in [0, 0.1) is 6.92 Å². The second kappa shape index (κ2) is 6.90. The maximum Gasteiger partial charge on any atom is 0.412 e. The van der Waals surface area contributed by atoms with Crippen LogP contribution in [-0.4, -0.2) is 34.1 Å². The summed E-state index contributed by atoms with van der Waals surface area (Å²) in [6, 6.07) is 5.25. The van der Waals surface area contributed by atoms with E-state index in [0.29, 0.717) is 10.7 Å². The molecular formula is C13H14ClN5O3. The number of hydrogen-bond acceptors (Lipinski definition) is 5. The number of nitrogens with zero attached hydrogens (tertiary/aromatic N) is 3. The summed E-state index contributed by atoms with van der Waals surface area (Å²) in [4.78, 5) is 23.0. The number of hydrogen-bond donors (Lipinski definition) is 2. The Hall–Kier alpha value is -2.61. The third-order valence-electron chi connectivity index (χ3n) is 2.80. The van der Waals surface area contributed by atoms with Gasteiger partial charge in [-0.15, -0.1) is 5.10 Å². The Morgan fingerprint density at radius 3 is 2.86 bits per heavy atom. The predicted molar refractivity (Wildman–Crippen MR) is 80.9 cm³/mol. The van der Waals surface area contributed by atoms with Gasteiger partial charge in [0.1, 0.15) is 6.54 Å². The van der Waals surface area contributed by atoms with Crippen LogP contribution in [0.3, 0.4) is 0 Å². The Morgan fingerprint density at radius 1 is 1.36 bits per heavy atom. The largest absolute Gasteiger partial charge is 0.453 e. The number of anilines is 2. The van der Waals surface area contributed by atoms with Crippen LogP contribution in [-0.2, 0) is 16.1 Å². The van der Waals surface area contributed by atoms with E-state index in [4.69, 9.17) is 11.6 Å². The molecule has 9 heteroatoms. The van der Waals surface area contributed by atoms with Crippen molar-refractivity contribution >= 4 is 35.1 Å². The zero-order valence-corrected chi connectivity index (χ0v) is 12.7. The molecule has 1 aromatic carbocycles. The van der Waals surface area contributed by atoms with E-state index in [0.717, 1.165) is 5.56 Å². The van der Waals surface area contributed by atoms with Crippen molar-refractivity contribution in [3.8, 4) is 0 Å². The Kier molecular flexibility index (Phi) is 4.95. The van der Waals surface area contributed by atoms with E-state index in [1.165, 1.54) is 18.0 Å². The van der Waals surface area contributed by atoms with E-state index in [1.54, 1.807) is 18.2 Å². The molecule has 0 saturated carbocycles. The number of carbonyl (C=O) groups excluding carboxylic acids is 2. The van der Waals surface area contributed by atoms with E-state index < -0.39 is 6.09 Å². The molecule has 2 rings (SSSR count). The molecular weight excluding hydrogens is 310 g/mol. The van der Waals surface area contributed by atoms with Crippen molar-refractivity contribution in [1.29, 1.82) is 0 Å². The van der Waals surface area contributed by atoms with Gasteiger partial charge in [-0.2, -0.15) is 0 Å². The fourth-order valence-corrected chi connectivity index (χ4v) is 1.84. The van der Waals surface area contributed by atoms with Crippen LogP contribution in [0.5, 0.6) is 0 Å². The van der Waals surface area contributed by atoms with E-state index in [1.807, 2.05) is 6.92 Å². The molecule has 0 bridgehead atoms. The lowest BCUT2D eigenvalue weighted by molar-refractivity contribution is -0.116. The topological polar surface area (TPSA) is 98.1 Å². The maximum absolute atomic E-state index is 12.0. The van der Waals surface area contributed by atoms with Gasteiger partial charge in [0.15, 0.2) is 5.82 Å². The molecule has 1 heterocycles. The van der Waals surface area contributed by atoms with E-state index in [2.05, 4.69) is 25.7 Å². The summed E-state index contributed by atoms with van der Waals surface area (Å²) in [5.74, 6) is -0.0986. The first-order valence-electron chi connectivity index (χ1n) is 6.29. The van der Waals surface area contributed by atoms with Crippen molar-refractivity contribution in [2.75, 3.05) is 17.7 Å². The first-order valence-corrected chi connectivity index (χ1v) is 6.67. The minimum Gasteiger partial charge on any atom is -0.453 e. The van der Waals surface area contributed by atoms with Crippen LogP contribution in [0.1, 0.15) is 5.56 Å². The SMILES string of the molecule is COC(=O)Nc1cn(CC(=O)Nc2cccc(Cl)c2C)nn1. The zero-order chi connectivity index (χ0) is 16.1. The summed E-state index contributed by atoms with van der Waals surface area (Å²) >= 11 is 5.99. The number of methoxy groups -OCH3 is 1. The number of ether oxygens (including phenoxy) is 1. The van der Waals surface area contributed by atoms with Gasteiger partial charge in [0, 0.05) is 10.7 Å². The average molecular weight is 324 g/mol. The van der Waals surface area contributed by atoms with E-state index in [-0.39, 0.29) is 18.3 Å². The molecule has 0 aliphatic heterocycles. The molecule has 2 aromatic rings. The third kappa shape index (κ3) is 3.95. The normalized spacial score (nSPS) is 10.1. The monoisotopic (exact) mass is 323 g/mol. The summed E-state index contributed by atoms with van der Waals surface area (Å²) in [6.07, 6.45) is 0.757. The quantitative estimate of drug-likeness (QED) is 0.897. The number of carbonyl (C=O) groups is 2. The molecule has 0 aliphatic carbocycles. The first-order chi connectivity index (χ1) is 10.5. The van der Waals surface area contributed by atoms with Crippen molar-refractivity contribution in [3.05, 3.63) is 35.0 Å². The van der Waals surface area contributed by atoms with Crippen molar-refractivity contribution in [3.63, 3.8) is 0 Å². The minimum absolute atomic E-state index is 0.0538. The van der Waals surface area contributed by atoms with Gasteiger partial charge in [-0.25, -0.2) is 9.48 Å². The summed E-state index contributed by atoms with van der Waals surface area (Å²) in [6.45, 7) is 1.76. The van der Waals surface area contributed by atoms with E-state index >= 15 is 0 Å². The van der Waals surface area contributed by atoms with Crippen LogP contribution < -0.4 is 10.6 Å². The second-order valence-corrected chi connectivity index (χ2v) is 4.79. The molecule has 0 unspecified atom stereocenters. The van der Waals surface area contributed by atoms with Crippen LogP contribution >= 0.6 is 11.6 Å².